The van der Waals surface area contributed by atoms with Crippen LogP contribution in [0.15, 0.2) is 25.3 Å². The van der Waals surface area contributed by atoms with Crippen LogP contribution in [0.25, 0.3) is 0 Å². The Morgan fingerprint density at radius 3 is 1.40 bits per heavy atom. The van der Waals surface area contributed by atoms with Crippen molar-refractivity contribution in [3.63, 3.8) is 0 Å². The van der Waals surface area contributed by atoms with Crippen molar-refractivity contribution in [1.82, 2.24) is 0 Å². The molecule has 0 aromatic heterocycles. The Balaban J connectivity index is 5.06. The Morgan fingerprint density at radius 2 is 1.20 bits per heavy atom. The molecule has 0 heterocycles. The fraction of sp³-hybridized carbons (Fsp3) is 0.429. The Hall–Kier alpha value is -0.760. The van der Waals surface area contributed by atoms with Gasteiger partial charge in [0.2, 0.25) is 11.0 Å². The maximum atomic E-state index is 12.7. The van der Waals surface area contributed by atoms with Gasteiger partial charge in [0.1, 0.15) is 0 Å². The molecule has 0 rings (SSSR count). The van der Waals surface area contributed by atoms with Crippen molar-refractivity contribution in [3.05, 3.63) is 25.3 Å². The third-order valence-corrected chi connectivity index (χ3v) is 5.77. The highest BCUT2D eigenvalue weighted by Crippen LogP contribution is 2.13. The highest BCUT2D eigenvalue weighted by Gasteiger charge is 2.33. The largest absolute Gasteiger partial charge is 0.225 e. The molecule has 0 saturated heterocycles. The molecule has 0 radical (unpaired) electrons. The monoisotopic (exact) mass is 260 g/mol. The molecule has 0 spiro atoms. The summed E-state index contributed by atoms with van der Waals surface area (Å²) >= 11 is 0. The summed E-state index contributed by atoms with van der Waals surface area (Å²) in [6, 6.07) is 0. The van der Waals surface area contributed by atoms with Crippen molar-refractivity contribution in [2.75, 3.05) is 5.08 Å². The molecule has 0 aromatic rings. The van der Waals surface area contributed by atoms with Crippen LogP contribution in [0.3, 0.4) is 0 Å². The van der Waals surface area contributed by atoms with Crippen LogP contribution in [-0.2, 0) is 19.7 Å². The van der Waals surface area contributed by atoms with Gasteiger partial charge in [0.15, 0.2) is 24.8 Å². The van der Waals surface area contributed by atoms with Gasteiger partial charge < -0.3 is 0 Å². The number of hydrogen-bond acceptors (Lipinski definition) is 4. The topological polar surface area (TPSA) is 68.3 Å². The van der Waals surface area contributed by atoms with E-state index in [0.29, 0.717) is 12.2 Å². The Labute approximate surface area is 87.1 Å². The number of sulfone groups is 2. The molecule has 4 nitrogen and oxygen atoms in total. The van der Waals surface area contributed by atoms with E-state index >= 15 is 0 Å². The maximum Gasteiger partial charge on any atom is 0.219 e. The quantitative estimate of drug-likeness (QED) is 0.660. The van der Waals surface area contributed by atoms with E-state index in [-0.39, 0.29) is 0 Å². The fourth-order valence-electron chi connectivity index (χ4n) is 0.652. The van der Waals surface area contributed by atoms with Gasteiger partial charge in [-0.1, -0.05) is 13.2 Å². The van der Waals surface area contributed by atoms with Gasteiger partial charge in [-0.05, 0) is 12.2 Å². The van der Waals surface area contributed by atoms with Crippen molar-refractivity contribution < 1.29 is 25.6 Å². The summed E-state index contributed by atoms with van der Waals surface area (Å²) < 4.78 is 69.3. The molecule has 0 fully saturated rings. The first-order chi connectivity index (χ1) is 6.67. The van der Waals surface area contributed by atoms with Crippen LogP contribution in [0.4, 0.5) is 8.78 Å². The van der Waals surface area contributed by atoms with E-state index < -0.39 is 35.8 Å². The Bertz CT molecular complexity index is 396. The maximum absolute atomic E-state index is 12.7. The van der Waals surface area contributed by atoms with Crippen LogP contribution in [0.1, 0.15) is 0 Å². The molecule has 8 heteroatoms. The minimum atomic E-state index is -4.58. The lowest BCUT2D eigenvalue weighted by molar-refractivity contribution is 0.467. The van der Waals surface area contributed by atoms with Gasteiger partial charge >= 0.3 is 0 Å². The zero-order chi connectivity index (χ0) is 12.3. The van der Waals surface area contributed by atoms with Gasteiger partial charge in [0.05, 0.1) is 0 Å². The second-order valence-electron chi connectivity index (χ2n) is 2.62. The second-order valence-corrected chi connectivity index (χ2v) is 7.11. The van der Waals surface area contributed by atoms with Gasteiger partial charge in [0.25, 0.3) is 0 Å². The summed E-state index contributed by atoms with van der Waals surface area (Å²) in [5.74, 6) is 0. The molecule has 0 aliphatic carbocycles. The van der Waals surface area contributed by atoms with E-state index in [1.54, 1.807) is 0 Å². The number of alkyl halides is 2. The second kappa shape index (κ2) is 4.84. The van der Waals surface area contributed by atoms with Gasteiger partial charge in [-0.2, -0.15) is 0 Å². The van der Waals surface area contributed by atoms with Crippen LogP contribution in [-0.4, -0.2) is 32.9 Å². The smallest absolute Gasteiger partial charge is 0.219 e. The molecule has 15 heavy (non-hydrogen) atoms. The van der Waals surface area contributed by atoms with Crippen molar-refractivity contribution in [2.45, 2.75) is 11.0 Å². The highest BCUT2D eigenvalue weighted by atomic mass is 32.3. The average Bonchev–Trinajstić information content (AvgIpc) is 2.13. The van der Waals surface area contributed by atoms with E-state index in [1.165, 1.54) is 0 Å². The van der Waals surface area contributed by atoms with E-state index in [0.717, 1.165) is 0 Å². The van der Waals surface area contributed by atoms with Crippen molar-refractivity contribution in [2.24, 2.45) is 0 Å². The summed E-state index contributed by atoms with van der Waals surface area (Å²) in [6.45, 7) is 5.72. The third kappa shape index (κ3) is 3.71. The van der Waals surface area contributed by atoms with Crippen LogP contribution in [0, 0.1) is 0 Å². The minimum absolute atomic E-state index is 0.423. The predicted molar refractivity (Wildman–Crippen MR) is 52.9 cm³/mol. The predicted octanol–water partition coefficient (Wildman–Crippen LogP) is 0.737. The van der Waals surface area contributed by atoms with Gasteiger partial charge in [-0.15, -0.1) is 0 Å². The highest BCUT2D eigenvalue weighted by molar-refractivity contribution is 8.08. The van der Waals surface area contributed by atoms with Crippen molar-refractivity contribution >= 4 is 19.7 Å². The molecule has 2 atom stereocenters. The molecule has 88 valence electrons. The number of halogens is 2. The SMILES string of the molecule is C=CC(F)S(=O)(=O)CS(=O)(=O)C(F)C=C. The lowest BCUT2D eigenvalue weighted by Crippen LogP contribution is -2.28. The van der Waals surface area contributed by atoms with Gasteiger partial charge in [-0.25, -0.2) is 25.6 Å². The first-order valence-corrected chi connectivity index (χ1v) is 7.07. The van der Waals surface area contributed by atoms with Gasteiger partial charge in [-0.3, -0.25) is 0 Å². The Kier molecular flexibility index (Phi) is 4.60. The van der Waals surface area contributed by atoms with Crippen LogP contribution < -0.4 is 0 Å². The van der Waals surface area contributed by atoms with E-state index in [1.807, 2.05) is 0 Å². The molecular weight excluding hydrogens is 250 g/mol. The zero-order valence-electron chi connectivity index (χ0n) is 7.64. The van der Waals surface area contributed by atoms with Crippen LogP contribution in [0.2, 0.25) is 0 Å². The molecule has 0 bridgehead atoms. The van der Waals surface area contributed by atoms with E-state index in [4.69, 9.17) is 0 Å². The summed E-state index contributed by atoms with van der Waals surface area (Å²) in [5.41, 5.74) is -5.05. The lowest BCUT2D eigenvalue weighted by Gasteiger charge is -2.07. The molecule has 0 saturated carbocycles. The first kappa shape index (κ1) is 14.2. The molecule has 2 unspecified atom stereocenters. The van der Waals surface area contributed by atoms with Crippen LogP contribution >= 0.6 is 0 Å². The molecular formula is C7H10F2O4S2. The molecule has 0 aromatic carbocycles. The van der Waals surface area contributed by atoms with Crippen molar-refractivity contribution in [1.29, 1.82) is 0 Å². The summed E-state index contributed by atoms with van der Waals surface area (Å²) in [5, 5.41) is -1.61. The molecule has 0 aliphatic heterocycles. The lowest BCUT2D eigenvalue weighted by atomic mass is 10.7. The molecule has 0 amide bonds. The Morgan fingerprint density at radius 1 is 0.933 bits per heavy atom. The summed E-state index contributed by atoms with van der Waals surface area (Å²) in [7, 11) is -9.17. The molecule has 0 aliphatic rings. The van der Waals surface area contributed by atoms with E-state index in [9.17, 15) is 25.6 Å². The summed E-state index contributed by atoms with van der Waals surface area (Å²) in [6.07, 6.45) is 0.845. The average molecular weight is 260 g/mol. The summed E-state index contributed by atoms with van der Waals surface area (Å²) in [4.78, 5) is 0. The van der Waals surface area contributed by atoms with Crippen LogP contribution in [0.5, 0.6) is 0 Å². The standard InChI is InChI=1S/C7H10F2O4S2/c1-3-6(8)14(10,11)5-15(12,13)7(9)4-2/h3-4,6-7H,1-2,5H2. The number of rotatable bonds is 6. The molecule has 0 N–H and O–H groups in total. The van der Waals surface area contributed by atoms with Gasteiger partial charge in [0, 0.05) is 0 Å². The zero-order valence-corrected chi connectivity index (χ0v) is 9.27. The first-order valence-electron chi connectivity index (χ1n) is 3.64. The third-order valence-electron chi connectivity index (χ3n) is 1.39. The minimum Gasteiger partial charge on any atom is -0.225 e. The van der Waals surface area contributed by atoms with Crippen molar-refractivity contribution in [3.8, 4) is 0 Å². The van der Waals surface area contributed by atoms with E-state index in [2.05, 4.69) is 13.2 Å². The fourth-order valence-corrected chi connectivity index (χ4v) is 4.11. The normalized spacial score (nSPS) is 16.7. The number of hydrogen-bond donors (Lipinski definition) is 0.